The Labute approximate surface area is 115 Å². The highest BCUT2D eigenvalue weighted by Crippen LogP contribution is 2.03. The number of imidazole rings is 1. The van der Waals surface area contributed by atoms with Crippen molar-refractivity contribution in [1.29, 1.82) is 0 Å². The maximum absolute atomic E-state index is 11.8. The molecular weight excluding hydrogens is 256 g/mol. The van der Waals surface area contributed by atoms with Crippen molar-refractivity contribution in [2.75, 3.05) is 0 Å². The van der Waals surface area contributed by atoms with Gasteiger partial charge in [-0.25, -0.2) is 9.50 Å². The van der Waals surface area contributed by atoms with Crippen molar-refractivity contribution in [2.45, 2.75) is 20.1 Å². The van der Waals surface area contributed by atoms with Gasteiger partial charge in [-0.05, 0) is 12.5 Å². The fourth-order valence-corrected chi connectivity index (χ4v) is 1.96. The lowest BCUT2D eigenvalue weighted by Gasteiger charge is -2.04. The minimum absolute atomic E-state index is 0.209. The molecule has 0 saturated heterocycles. The molecule has 6 nitrogen and oxygen atoms in total. The first-order valence-electron chi connectivity index (χ1n) is 6.29. The number of hydrogen-bond donors (Lipinski definition) is 1. The number of nitrogens with one attached hydrogen (secondary N) is 1. The van der Waals surface area contributed by atoms with Gasteiger partial charge in [0.25, 0.3) is 5.56 Å². The van der Waals surface area contributed by atoms with E-state index >= 15 is 0 Å². The van der Waals surface area contributed by atoms with E-state index in [1.165, 1.54) is 10.7 Å². The molecule has 2 aromatic heterocycles. The van der Waals surface area contributed by atoms with E-state index in [1.54, 1.807) is 6.92 Å². The standard InChI is InChI=1S/C14H14N4O2/c1-10-15-7-12-14(19)16-13(17-18(10)12)9-20-8-11-5-3-2-4-6-11/h2-7H,8-9H2,1H3,(H,16,17,19). The second kappa shape index (κ2) is 5.26. The summed E-state index contributed by atoms with van der Waals surface area (Å²) in [6.07, 6.45) is 1.51. The second-order valence-corrected chi connectivity index (χ2v) is 4.48. The minimum Gasteiger partial charge on any atom is -0.369 e. The van der Waals surface area contributed by atoms with Gasteiger partial charge >= 0.3 is 0 Å². The highest BCUT2D eigenvalue weighted by atomic mass is 16.5. The van der Waals surface area contributed by atoms with Gasteiger partial charge in [0.05, 0.1) is 12.8 Å². The zero-order chi connectivity index (χ0) is 13.9. The molecule has 102 valence electrons. The quantitative estimate of drug-likeness (QED) is 0.778. The third-order valence-electron chi connectivity index (χ3n) is 2.97. The number of hydrogen-bond acceptors (Lipinski definition) is 4. The molecule has 0 aliphatic rings. The molecule has 0 atom stereocenters. The van der Waals surface area contributed by atoms with Crippen LogP contribution in [0.15, 0.2) is 41.3 Å². The van der Waals surface area contributed by atoms with Crippen LogP contribution in [-0.2, 0) is 18.0 Å². The van der Waals surface area contributed by atoms with E-state index in [0.717, 1.165) is 5.56 Å². The lowest BCUT2D eigenvalue weighted by molar-refractivity contribution is 0.101. The molecule has 3 rings (SSSR count). The Morgan fingerprint density at radius 2 is 2.05 bits per heavy atom. The highest BCUT2D eigenvalue weighted by Gasteiger charge is 2.07. The van der Waals surface area contributed by atoms with Crippen molar-refractivity contribution in [3.05, 3.63) is 64.1 Å². The molecule has 0 radical (unpaired) electrons. The van der Waals surface area contributed by atoms with E-state index in [1.807, 2.05) is 30.3 Å². The van der Waals surface area contributed by atoms with Gasteiger partial charge in [0.2, 0.25) is 0 Å². The summed E-state index contributed by atoms with van der Waals surface area (Å²) in [5.41, 5.74) is 1.31. The van der Waals surface area contributed by atoms with Gasteiger partial charge in [-0.1, -0.05) is 30.3 Å². The summed E-state index contributed by atoms with van der Waals surface area (Å²) in [4.78, 5) is 18.6. The average Bonchev–Trinajstić information content (AvgIpc) is 2.82. The lowest BCUT2D eigenvalue weighted by Crippen LogP contribution is -2.17. The molecule has 0 amide bonds. The first kappa shape index (κ1) is 12.6. The Morgan fingerprint density at radius 1 is 1.25 bits per heavy atom. The van der Waals surface area contributed by atoms with E-state index < -0.39 is 0 Å². The summed E-state index contributed by atoms with van der Waals surface area (Å²) in [6.45, 7) is 2.53. The van der Waals surface area contributed by atoms with Crippen LogP contribution < -0.4 is 5.56 Å². The number of rotatable bonds is 4. The molecule has 2 heterocycles. The molecule has 0 aliphatic carbocycles. The predicted octanol–water partition coefficient (Wildman–Crippen LogP) is 1.44. The van der Waals surface area contributed by atoms with E-state index in [-0.39, 0.29) is 12.2 Å². The van der Waals surface area contributed by atoms with E-state index in [0.29, 0.717) is 23.8 Å². The van der Waals surface area contributed by atoms with Crippen molar-refractivity contribution in [1.82, 2.24) is 19.6 Å². The maximum Gasteiger partial charge on any atom is 0.277 e. The molecule has 1 N–H and O–H groups in total. The number of benzene rings is 1. The molecule has 1 aromatic carbocycles. The van der Waals surface area contributed by atoms with Crippen molar-refractivity contribution in [3.63, 3.8) is 0 Å². The van der Waals surface area contributed by atoms with Crippen LogP contribution in [0.3, 0.4) is 0 Å². The molecule has 0 fully saturated rings. The van der Waals surface area contributed by atoms with Crippen LogP contribution >= 0.6 is 0 Å². The van der Waals surface area contributed by atoms with Crippen LogP contribution in [0.25, 0.3) is 5.52 Å². The topological polar surface area (TPSA) is 72.3 Å². The van der Waals surface area contributed by atoms with Gasteiger partial charge in [-0.2, -0.15) is 5.10 Å². The zero-order valence-corrected chi connectivity index (χ0v) is 11.0. The van der Waals surface area contributed by atoms with Crippen LogP contribution in [0.1, 0.15) is 17.2 Å². The Bertz CT molecular complexity index is 777. The van der Waals surface area contributed by atoms with Crippen LogP contribution in [0.4, 0.5) is 0 Å². The predicted molar refractivity (Wildman–Crippen MR) is 73.3 cm³/mol. The van der Waals surface area contributed by atoms with Crippen LogP contribution in [0.2, 0.25) is 0 Å². The minimum atomic E-state index is -0.209. The van der Waals surface area contributed by atoms with E-state index in [4.69, 9.17) is 4.74 Å². The number of aryl methyl sites for hydroxylation is 1. The molecule has 3 aromatic rings. The third-order valence-corrected chi connectivity index (χ3v) is 2.97. The SMILES string of the molecule is Cc1ncc2c(=O)[nH]c(COCc3ccccc3)nn12. The first-order valence-corrected chi connectivity index (χ1v) is 6.29. The summed E-state index contributed by atoms with van der Waals surface area (Å²) in [6, 6.07) is 9.84. The second-order valence-electron chi connectivity index (χ2n) is 4.48. The van der Waals surface area contributed by atoms with Gasteiger partial charge in [-0.3, -0.25) is 4.79 Å². The normalized spacial score (nSPS) is 11.1. The highest BCUT2D eigenvalue weighted by molar-refractivity contribution is 5.41. The number of aromatic amines is 1. The fourth-order valence-electron chi connectivity index (χ4n) is 1.96. The summed E-state index contributed by atoms with van der Waals surface area (Å²) in [7, 11) is 0. The molecule has 0 bridgehead atoms. The van der Waals surface area contributed by atoms with Crippen molar-refractivity contribution >= 4 is 5.52 Å². The first-order chi connectivity index (χ1) is 9.74. The average molecular weight is 270 g/mol. The Morgan fingerprint density at radius 3 is 2.85 bits per heavy atom. The Hall–Kier alpha value is -2.47. The molecule has 20 heavy (non-hydrogen) atoms. The number of fused-ring (bicyclic) bond motifs is 1. The number of aromatic nitrogens is 4. The molecule has 0 spiro atoms. The summed E-state index contributed by atoms with van der Waals surface area (Å²) in [5, 5.41) is 4.30. The Kier molecular flexibility index (Phi) is 3.30. The van der Waals surface area contributed by atoms with Crippen LogP contribution in [0.5, 0.6) is 0 Å². The smallest absolute Gasteiger partial charge is 0.277 e. The summed E-state index contributed by atoms with van der Waals surface area (Å²) in [5.74, 6) is 1.16. The molecule has 0 unspecified atom stereocenters. The van der Waals surface area contributed by atoms with Gasteiger partial charge < -0.3 is 9.72 Å². The molecule has 0 saturated carbocycles. The molecule has 6 heteroatoms. The number of ether oxygens (including phenoxy) is 1. The molecule has 0 aliphatic heterocycles. The Balaban J connectivity index is 1.75. The fraction of sp³-hybridized carbons (Fsp3) is 0.214. The number of nitrogens with zero attached hydrogens (tertiary/aromatic N) is 3. The van der Waals surface area contributed by atoms with E-state index in [9.17, 15) is 4.79 Å². The maximum atomic E-state index is 11.8. The lowest BCUT2D eigenvalue weighted by atomic mass is 10.2. The van der Waals surface area contributed by atoms with Crippen LogP contribution in [-0.4, -0.2) is 19.6 Å². The number of H-pyrrole nitrogens is 1. The van der Waals surface area contributed by atoms with Gasteiger partial charge in [-0.15, -0.1) is 0 Å². The molecular formula is C14H14N4O2. The third kappa shape index (κ3) is 2.46. The summed E-state index contributed by atoms with van der Waals surface area (Å²) < 4.78 is 7.09. The van der Waals surface area contributed by atoms with Crippen molar-refractivity contribution in [2.24, 2.45) is 0 Å². The van der Waals surface area contributed by atoms with Crippen molar-refractivity contribution in [3.8, 4) is 0 Å². The van der Waals surface area contributed by atoms with E-state index in [2.05, 4.69) is 15.1 Å². The van der Waals surface area contributed by atoms with Gasteiger partial charge in [0.1, 0.15) is 12.4 Å². The summed E-state index contributed by atoms with van der Waals surface area (Å²) >= 11 is 0. The van der Waals surface area contributed by atoms with Crippen LogP contribution in [0, 0.1) is 6.92 Å². The van der Waals surface area contributed by atoms with Gasteiger partial charge in [0, 0.05) is 0 Å². The zero-order valence-electron chi connectivity index (χ0n) is 11.0. The van der Waals surface area contributed by atoms with Gasteiger partial charge in [0.15, 0.2) is 11.3 Å². The monoisotopic (exact) mass is 270 g/mol. The largest absolute Gasteiger partial charge is 0.369 e. The van der Waals surface area contributed by atoms with Crippen molar-refractivity contribution < 1.29 is 4.74 Å².